The van der Waals surface area contributed by atoms with Crippen LogP contribution in [0.25, 0.3) is 0 Å². The Morgan fingerprint density at radius 2 is 0.400 bits per heavy atom. The van der Waals surface area contributed by atoms with Gasteiger partial charge in [-0.05, 0) is 0 Å². The van der Waals surface area contributed by atoms with E-state index in [1.807, 2.05) is 0 Å². The van der Waals surface area contributed by atoms with Gasteiger partial charge in [-0.15, -0.1) is 37.2 Å². The monoisotopic (exact) mass is 344 g/mol. The van der Waals surface area contributed by atoms with E-state index in [2.05, 4.69) is 0 Å². The molecule has 36 valence electrons. The van der Waals surface area contributed by atoms with Crippen molar-refractivity contribution in [1.29, 1.82) is 0 Å². The molecule has 0 rings (SSSR count). The van der Waals surface area contributed by atoms with Crippen molar-refractivity contribution in [3.05, 3.63) is 0 Å². The van der Waals surface area contributed by atoms with Gasteiger partial charge in [-0.1, -0.05) is 0 Å². The zero-order valence-electron chi connectivity index (χ0n) is 1.22. The molecule has 0 saturated heterocycles. The van der Waals surface area contributed by atoms with Gasteiger partial charge in [0.15, 0.2) is 0 Å². The number of hydrogen-bond acceptors (Lipinski definition) is 0. The van der Waals surface area contributed by atoms with Crippen LogP contribution in [-0.4, -0.2) is 51.7 Å². The van der Waals surface area contributed by atoms with Gasteiger partial charge in [0.2, 0.25) is 0 Å². The maximum atomic E-state index is 0. The number of halogens is 3. The Bertz CT molecular complexity index is 4.85. The molecule has 5 heteroatoms. The molecule has 0 bridgehead atoms. The molecule has 5 heavy (non-hydrogen) atoms. The second-order valence-corrected chi connectivity index (χ2v) is 0. The van der Waals surface area contributed by atoms with E-state index in [4.69, 9.17) is 0 Å². The van der Waals surface area contributed by atoms with Gasteiger partial charge in [-0.3, -0.25) is 0 Å². The Morgan fingerprint density at radius 1 is 0.400 bits per heavy atom. The molecule has 0 aromatic carbocycles. The van der Waals surface area contributed by atoms with Gasteiger partial charge in [0.1, 0.15) is 0 Å². The molecule has 0 amide bonds. The van der Waals surface area contributed by atoms with Crippen molar-refractivity contribution >= 4 is 88.9 Å². The fraction of sp³-hybridized carbons (Fsp3) is 0. The average molecular weight is 345 g/mol. The SMILES string of the molecule is Cl.Cl.Cl.[InH3].[InH3]. The molecule has 0 aliphatic rings. The van der Waals surface area contributed by atoms with Crippen molar-refractivity contribution in [2.75, 3.05) is 0 Å². The van der Waals surface area contributed by atoms with E-state index in [1.54, 1.807) is 0 Å². The van der Waals surface area contributed by atoms with Gasteiger partial charge in [0.05, 0.1) is 0 Å². The molecular weight excluding hydrogens is 336 g/mol. The van der Waals surface area contributed by atoms with Gasteiger partial charge < -0.3 is 0 Å². The zero-order valence-corrected chi connectivity index (χ0v) is 3.67. The Hall–Kier alpha value is 2.61. The van der Waals surface area contributed by atoms with E-state index >= 15 is 0 Å². The summed E-state index contributed by atoms with van der Waals surface area (Å²) in [6.45, 7) is 0. The van der Waals surface area contributed by atoms with Gasteiger partial charge >= 0.3 is 51.7 Å². The van der Waals surface area contributed by atoms with Gasteiger partial charge in [-0.25, -0.2) is 0 Å². The van der Waals surface area contributed by atoms with Crippen molar-refractivity contribution < 1.29 is 0 Å². The van der Waals surface area contributed by atoms with Crippen molar-refractivity contribution in [2.45, 2.75) is 0 Å². The van der Waals surface area contributed by atoms with Crippen molar-refractivity contribution in [1.82, 2.24) is 0 Å². The van der Waals surface area contributed by atoms with Crippen molar-refractivity contribution in [2.24, 2.45) is 0 Å². The Kier molecular flexibility index (Phi) is 298. The quantitative estimate of drug-likeness (QED) is 0.523. The first kappa shape index (κ1) is 48.8. The van der Waals surface area contributed by atoms with E-state index in [9.17, 15) is 0 Å². The van der Waals surface area contributed by atoms with Gasteiger partial charge in [0, 0.05) is 0 Å². The van der Waals surface area contributed by atoms with Crippen molar-refractivity contribution in [3.63, 3.8) is 0 Å². The molecule has 0 nitrogen and oxygen atoms in total. The molecule has 0 saturated carbocycles. The second kappa shape index (κ2) is 30.5. The molecule has 0 N–H and O–H groups in total. The zero-order chi connectivity index (χ0) is 0. The van der Waals surface area contributed by atoms with Crippen LogP contribution >= 0.6 is 37.2 Å². The molecule has 0 radical (unpaired) electrons. The normalized spacial score (nSPS) is 0. The first-order chi connectivity index (χ1) is 0. The standard InChI is InChI=1S/3ClH.2In.6H/h3*1H;;;;;;;;. The summed E-state index contributed by atoms with van der Waals surface area (Å²) in [4.78, 5) is 0. The van der Waals surface area contributed by atoms with E-state index in [0.717, 1.165) is 0 Å². The van der Waals surface area contributed by atoms with Crippen LogP contribution in [0, 0.1) is 0 Å². The van der Waals surface area contributed by atoms with Crippen LogP contribution < -0.4 is 0 Å². The van der Waals surface area contributed by atoms with Crippen LogP contribution in [0.4, 0.5) is 0 Å². The fourth-order valence-corrected chi connectivity index (χ4v) is 0. The first-order valence-electron chi connectivity index (χ1n) is 0. The number of hydrogen-bond donors (Lipinski definition) is 0. The van der Waals surface area contributed by atoms with Crippen LogP contribution in [-0.2, 0) is 0 Å². The molecule has 0 unspecified atom stereocenters. The fourth-order valence-electron chi connectivity index (χ4n) is 0. The van der Waals surface area contributed by atoms with Crippen LogP contribution in [0.5, 0.6) is 0 Å². The third-order valence-corrected chi connectivity index (χ3v) is 0. The summed E-state index contributed by atoms with van der Waals surface area (Å²) in [5.74, 6) is 0. The van der Waals surface area contributed by atoms with Gasteiger partial charge in [0.25, 0.3) is 0 Å². The van der Waals surface area contributed by atoms with E-state index in [1.165, 1.54) is 0 Å². The minimum absolute atomic E-state index is 0. The first-order valence-corrected chi connectivity index (χ1v) is 0. The van der Waals surface area contributed by atoms with Crippen LogP contribution in [0.3, 0.4) is 0 Å². The maximum absolute atomic E-state index is 0. The molecular formula is H9Cl3In2. The molecule has 0 spiro atoms. The third-order valence-electron chi connectivity index (χ3n) is 0. The summed E-state index contributed by atoms with van der Waals surface area (Å²) in [5.41, 5.74) is 0. The predicted molar refractivity (Wildman–Crippen MR) is 41.6 cm³/mol. The summed E-state index contributed by atoms with van der Waals surface area (Å²) in [6, 6.07) is 0. The Morgan fingerprint density at radius 3 is 0.400 bits per heavy atom. The predicted octanol–water partition coefficient (Wildman–Crippen LogP) is -1.10. The minimum atomic E-state index is 0. The summed E-state index contributed by atoms with van der Waals surface area (Å²) in [5, 5.41) is 0. The van der Waals surface area contributed by atoms with Crippen LogP contribution in [0.2, 0.25) is 0 Å². The van der Waals surface area contributed by atoms with E-state index in [-0.39, 0.29) is 88.9 Å². The topological polar surface area (TPSA) is 0 Å². The molecule has 0 aliphatic heterocycles. The van der Waals surface area contributed by atoms with Crippen molar-refractivity contribution in [3.8, 4) is 0 Å². The summed E-state index contributed by atoms with van der Waals surface area (Å²) < 4.78 is 0. The number of rotatable bonds is 0. The second-order valence-electron chi connectivity index (χ2n) is 0. The molecule has 0 aliphatic carbocycles. The average Bonchev–Trinajstić information content (AvgIpc) is 0. The van der Waals surface area contributed by atoms with Crippen LogP contribution in [0.15, 0.2) is 0 Å². The molecule has 0 aromatic heterocycles. The summed E-state index contributed by atoms with van der Waals surface area (Å²) >= 11 is 0. The molecule has 0 aromatic rings. The Balaban J connectivity index is 0. The van der Waals surface area contributed by atoms with Crippen LogP contribution in [0.1, 0.15) is 0 Å². The molecule has 0 heterocycles. The summed E-state index contributed by atoms with van der Waals surface area (Å²) in [7, 11) is 0. The molecule has 0 atom stereocenters. The Labute approximate surface area is 87.6 Å². The van der Waals surface area contributed by atoms with Gasteiger partial charge in [-0.2, -0.15) is 0 Å². The molecule has 0 fully saturated rings. The third kappa shape index (κ3) is 20.6. The van der Waals surface area contributed by atoms with E-state index in [0.29, 0.717) is 0 Å². The summed E-state index contributed by atoms with van der Waals surface area (Å²) in [6.07, 6.45) is 0. The van der Waals surface area contributed by atoms with E-state index < -0.39 is 0 Å².